The van der Waals surface area contributed by atoms with Crippen LogP contribution < -0.4 is 26.9 Å². The molecule has 9 nitrogen and oxygen atoms in total. The van der Waals surface area contributed by atoms with Crippen molar-refractivity contribution in [3.05, 3.63) is 0 Å². The van der Waals surface area contributed by atoms with Gasteiger partial charge in [-0.15, -0.1) is 0 Å². The van der Waals surface area contributed by atoms with Gasteiger partial charge < -0.3 is 10.4 Å². The summed E-state index contributed by atoms with van der Waals surface area (Å²) in [4.78, 5) is 17.5. The normalized spacial score (nSPS) is 40.9. The molecule has 1 amide bonds. The van der Waals surface area contributed by atoms with Gasteiger partial charge in [0.25, 0.3) is 0 Å². The minimum absolute atomic E-state index is 0.00502. The second-order valence-corrected chi connectivity index (χ2v) is 10.5. The van der Waals surface area contributed by atoms with E-state index in [4.69, 9.17) is 0 Å². The molecule has 14 heteroatoms. The number of nitrogens with one attached hydrogen (secondary N) is 5. The summed E-state index contributed by atoms with van der Waals surface area (Å²) in [5.41, 5.74) is 8.40. The largest absolute Gasteiger partial charge is 0.405 e. The highest BCUT2D eigenvalue weighted by molar-refractivity contribution is 5.98. The van der Waals surface area contributed by atoms with Crippen molar-refractivity contribution in [1.29, 1.82) is 0 Å². The number of hydrazine groups is 2. The highest BCUT2D eigenvalue weighted by atomic mass is 19.4. The van der Waals surface area contributed by atoms with Gasteiger partial charge in [0.05, 0.1) is 12.0 Å². The Morgan fingerprint density at radius 1 is 1.06 bits per heavy atom. The van der Waals surface area contributed by atoms with Crippen LogP contribution in [0.25, 0.3) is 0 Å². The van der Waals surface area contributed by atoms with Crippen LogP contribution in [0.2, 0.25) is 0 Å². The van der Waals surface area contributed by atoms with E-state index >= 15 is 0 Å². The van der Waals surface area contributed by atoms with Crippen LogP contribution in [0.3, 0.4) is 0 Å². The van der Waals surface area contributed by atoms with Crippen molar-refractivity contribution in [2.24, 2.45) is 16.8 Å². The van der Waals surface area contributed by atoms with Crippen molar-refractivity contribution in [3.8, 4) is 0 Å². The van der Waals surface area contributed by atoms with Crippen molar-refractivity contribution < 1.29 is 31.9 Å². The third kappa shape index (κ3) is 6.82. The standard InChI is InChI=1S/C22H36F5N7O2/c1-34-10-14(19(33-34)22(25,26)27)20(36)30-21(28-13-5-3-12(23)4-6-13)29-18-9-16(31-32-18)11-2-7-17(35)15(24)8-11/h11-19,31-33,35H,2-10H2,1H3,(H2,28,29,30,36). The van der Waals surface area contributed by atoms with Gasteiger partial charge in [0.15, 0.2) is 5.96 Å². The number of halogens is 5. The smallest absolute Gasteiger partial charge is 0.390 e. The predicted octanol–water partition coefficient (Wildman–Crippen LogP) is 1.02. The summed E-state index contributed by atoms with van der Waals surface area (Å²) in [5, 5.41) is 16.6. The molecule has 0 aromatic heterocycles. The van der Waals surface area contributed by atoms with Crippen LogP contribution in [0.15, 0.2) is 4.99 Å². The van der Waals surface area contributed by atoms with Crippen LogP contribution in [0.1, 0.15) is 51.4 Å². The maximum absolute atomic E-state index is 14.0. The van der Waals surface area contributed by atoms with Crippen LogP contribution in [-0.2, 0) is 4.79 Å². The van der Waals surface area contributed by atoms with Crippen molar-refractivity contribution >= 4 is 11.9 Å². The lowest BCUT2D eigenvalue weighted by Crippen LogP contribution is -2.53. The second-order valence-electron chi connectivity index (χ2n) is 10.5. The highest BCUT2D eigenvalue weighted by Crippen LogP contribution is 2.32. The summed E-state index contributed by atoms with van der Waals surface area (Å²) in [7, 11) is 1.44. The summed E-state index contributed by atoms with van der Waals surface area (Å²) in [6.45, 7) is -0.126. The number of alkyl halides is 5. The Morgan fingerprint density at radius 2 is 1.78 bits per heavy atom. The first-order chi connectivity index (χ1) is 17.0. The number of aliphatic hydroxyl groups is 1. The molecule has 2 heterocycles. The van der Waals surface area contributed by atoms with Crippen molar-refractivity contribution in [1.82, 2.24) is 31.9 Å². The summed E-state index contributed by atoms with van der Waals surface area (Å²) in [6.07, 6.45) is -4.76. The van der Waals surface area contributed by atoms with E-state index in [1.807, 2.05) is 0 Å². The van der Waals surface area contributed by atoms with Crippen LogP contribution in [-0.4, -0.2) is 84.5 Å². The number of amides is 1. The summed E-state index contributed by atoms with van der Waals surface area (Å²) < 4.78 is 68.0. The Labute approximate surface area is 207 Å². The SMILES string of the molecule is CN1CC(C(=O)N/C(=N\C2CC(C3CCC(O)C(F)C3)NN2)NC2CCC(F)CC2)C(C(F)(F)F)N1. The number of carbonyl (C=O) groups excluding carboxylic acids is 1. The van der Waals surface area contributed by atoms with Gasteiger partial charge in [-0.05, 0) is 50.9 Å². The summed E-state index contributed by atoms with van der Waals surface area (Å²) >= 11 is 0. The zero-order chi connectivity index (χ0) is 26.0. The average molecular weight is 526 g/mol. The lowest BCUT2D eigenvalue weighted by Gasteiger charge is -2.32. The number of carbonyl (C=O) groups is 1. The van der Waals surface area contributed by atoms with E-state index in [1.165, 1.54) is 12.1 Å². The first-order valence-corrected chi connectivity index (χ1v) is 12.7. The first-order valence-electron chi connectivity index (χ1n) is 12.7. The highest BCUT2D eigenvalue weighted by Gasteiger charge is 2.52. The minimum Gasteiger partial charge on any atom is -0.390 e. The molecule has 2 aliphatic carbocycles. The van der Waals surface area contributed by atoms with E-state index < -0.39 is 48.7 Å². The van der Waals surface area contributed by atoms with E-state index in [-0.39, 0.29) is 36.9 Å². The number of hydrogen-bond acceptors (Lipinski definition) is 7. The van der Waals surface area contributed by atoms with E-state index in [2.05, 4.69) is 31.9 Å². The molecule has 36 heavy (non-hydrogen) atoms. The molecule has 2 saturated heterocycles. The molecule has 4 rings (SSSR count). The lowest BCUT2D eigenvalue weighted by atomic mass is 9.81. The van der Waals surface area contributed by atoms with Gasteiger partial charge in [0.1, 0.15) is 24.6 Å². The Balaban J connectivity index is 1.43. The molecular weight excluding hydrogens is 489 g/mol. The van der Waals surface area contributed by atoms with E-state index in [0.29, 0.717) is 44.9 Å². The Kier molecular flexibility index (Phi) is 8.70. The van der Waals surface area contributed by atoms with Gasteiger partial charge >= 0.3 is 6.18 Å². The van der Waals surface area contributed by atoms with Crippen molar-refractivity contribution in [3.63, 3.8) is 0 Å². The zero-order valence-electron chi connectivity index (χ0n) is 20.2. The molecule has 4 fully saturated rings. The third-order valence-electron chi connectivity index (χ3n) is 7.71. The third-order valence-corrected chi connectivity index (χ3v) is 7.71. The molecule has 4 aliphatic rings. The minimum atomic E-state index is -4.61. The maximum atomic E-state index is 14.0. The molecule has 2 saturated carbocycles. The molecule has 7 atom stereocenters. The van der Waals surface area contributed by atoms with Crippen molar-refractivity contribution in [2.45, 2.75) is 100 Å². The number of aliphatic hydroxyl groups excluding tert-OH is 1. The molecule has 0 aromatic carbocycles. The van der Waals surface area contributed by atoms with E-state index in [1.54, 1.807) is 0 Å². The monoisotopic (exact) mass is 525 g/mol. The fourth-order valence-electron chi connectivity index (χ4n) is 5.63. The van der Waals surface area contributed by atoms with E-state index in [9.17, 15) is 31.9 Å². The second kappa shape index (κ2) is 11.4. The van der Waals surface area contributed by atoms with Gasteiger partial charge in [-0.3, -0.25) is 15.5 Å². The molecule has 0 aromatic rings. The number of nitrogens with zero attached hydrogens (tertiary/aromatic N) is 2. The summed E-state index contributed by atoms with van der Waals surface area (Å²) in [6, 6.07) is -2.29. The molecule has 0 bridgehead atoms. The molecular formula is C22H36F5N7O2. The topological polar surface area (TPSA) is 113 Å². The van der Waals surface area contributed by atoms with Crippen LogP contribution in [0.5, 0.6) is 0 Å². The van der Waals surface area contributed by atoms with Crippen LogP contribution >= 0.6 is 0 Å². The predicted molar refractivity (Wildman–Crippen MR) is 122 cm³/mol. The Morgan fingerprint density at radius 3 is 2.44 bits per heavy atom. The van der Waals surface area contributed by atoms with Gasteiger partial charge in [0.2, 0.25) is 5.91 Å². The lowest BCUT2D eigenvalue weighted by molar-refractivity contribution is -0.168. The number of hydrogen-bond donors (Lipinski definition) is 6. The molecule has 0 radical (unpaired) electrons. The van der Waals surface area contributed by atoms with Crippen LogP contribution in [0, 0.1) is 11.8 Å². The zero-order valence-corrected chi connectivity index (χ0v) is 20.2. The van der Waals surface area contributed by atoms with Gasteiger partial charge in [-0.25, -0.2) is 29.6 Å². The molecule has 0 spiro atoms. The first kappa shape index (κ1) is 27.4. The number of rotatable bonds is 4. The fraction of sp³-hybridized carbons (Fsp3) is 0.909. The quantitative estimate of drug-likeness (QED) is 0.185. The maximum Gasteiger partial charge on any atom is 0.405 e. The summed E-state index contributed by atoms with van der Waals surface area (Å²) in [5.74, 6) is -2.15. The van der Waals surface area contributed by atoms with Gasteiger partial charge in [-0.1, -0.05) is 0 Å². The van der Waals surface area contributed by atoms with E-state index in [0.717, 1.165) is 0 Å². The van der Waals surface area contributed by atoms with Gasteiger partial charge in [0, 0.05) is 32.1 Å². The number of aliphatic imine (C=N–C) groups is 1. The Bertz CT molecular complexity index is 795. The fourth-order valence-corrected chi connectivity index (χ4v) is 5.63. The molecule has 7 unspecified atom stereocenters. The number of guanidine groups is 1. The van der Waals surface area contributed by atoms with Gasteiger partial charge in [-0.2, -0.15) is 13.2 Å². The molecule has 6 N–H and O–H groups in total. The average Bonchev–Trinajstić information content (AvgIpc) is 3.44. The molecule has 2 aliphatic heterocycles. The van der Waals surface area contributed by atoms with Crippen LogP contribution in [0.4, 0.5) is 22.0 Å². The Hall–Kier alpha value is -1.61. The molecule has 206 valence electrons. The van der Waals surface area contributed by atoms with Crippen molar-refractivity contribution in [2.75, 3.05) is 13.6 Å².